The van der Waals surface area contributed by atoms with Gasteiger partial charge in [0.05, 0.1) is 13.0 Å². The maximum absolute atomic E-state index is 11.3. The van der Waals surface area contributed by atoms with E-state index in [1.54, 1.807) is 6.92 Å². The summed E-state index contributed by atoms with van der Waals surface area (Å²) in [6, 6.07) is 0. The van der Waals surface area contributed by atoms with Crippen LogP contribution in [-0.2, 0) is 14.3 Å². The number of Topliss-reactive ketones (excluding diaryl/α,β-unsaturated/α-hetero) is 1. The Morgan fingerprint density at radius 1 is 1.38 bits per heavy atom. The highest BCUT2D eigenvalue weighted by Crippen LogP contribution is 2.53. The van der Waals surface area contributed by atoms with Gasteiger partial charge in [0.2, 0.25) is 0 Å². The molecule has 0 spiro atoms. The van der Waals surface area contributed by atoms with E-state index in [4.69, 9.17) is 4.74 Å². The monoisotopic (exact) mass is 226 g/mol. The minimum Gasteiger partial charge on any atom is -0.469 e. The van der Waals surface area contributed by atoms with E-state index in [0.717, 1.165) is 19.3 Å². The van der Waals surface area contributed by atoms with Gasteiger partial charge in [-0.2, -0.15) is 0 Å². The molecule has 0 aromatic carbocycles. The van der Waals surface area contributed by atoms with E-state index in [2.05, 4.69) is 13.8 Å². The fraction of sp³-hybridized carbons (Fsp3) is 0.846. The Bertz CT molecular complexity index is 281. The highest BCUT2D eigenvalue weighted by Gasteiger charge is 2.51. The molecule has 1 rings (SSSR count). The van der Waals surface area contributed by atoms with Gasteiger partial charge in [0.25, 0.3) is 0 Å². The van der Waals surface area contributed by atoms with Crippen molar-refractivity contribution in [2.75, 3.05) is 7.11 Å². The van der Waals surface area contributed by atoms with Crippen molar-refractivity contribution in [3.8, 4) is 0 Å². The summed E-state index contributed by atoms with van der Waals surface area (Å²) < 4.78 is 4.75. The summed E-state index contributed by atoms with van der Waals surface area (Å²) in [4.78, 5) is 22.2. The van der Waals surface area contributed by atoms with Crippen LogP contribution in [0.5, 0.6) is 0 Å². The molecule has 16 heavy (non-hydrogen) atoms. The molecule has 0 aromatic heterocycles. The first-order valence-electron chi connectivity index (χ1n) is 5.95. The molecule has 3 nitrogen and oxygen atoms in total. The van der Waals surface area contributed by atoms with Crippen LogP contribution in [0.3, 0.4) is 0 Å². The average Bonchev–Trinajstić information content (AvgIpc) is 2.95. The second kappa shape index (κ2) is 4.98. The lowest BCUT2D eigenvalue weighted by molar-refractivity contribution is -0.143. The number of carbonyl (C=O) groups excluding carboxylic acids is 2. The molecule has 3 heteroatoms. The van der Waals surface area contributed by atoms with Gasteiger partial charge in [-0.3, -0.25) is 4.79 Å². The molecule has 1 saturated carbocycles. The number of hydrogen-bond acceptors (Lipinski definition) is 3. The predicted octanol–water partition coefficient (Wildman–Crippen LogP) is 2.58. The van der Waals surface area contributed by atoms with Gasteiger partial charge < -0.3 is 9.53 Å². The lowest BCUT2D eigenvalue weighted by atomic mass is 9.81. The normalized spacial score (nSPS) is 24.0. The number of ketones is 1. The van der Waals surface area contributed by atoms with E-state index in [9.17, 15) is 9.59 Å². The Morgan fingerprint density at radius 3 is 2.50 bits per heavy atom. The molecule has 0 N–H and O–H groups in total. The fourth-order valence-corrected chi connectivity index (χ4v) is 2.45. The van der Waals surface area contributed by atoms with Gasteiger partial charge in [0, 0.05) is 6.42 Å². The summed E-state index contributed by atoms with van der Waals surface area (Å²) in [6.45, 7) is 5.99. The average molecular weight is 226 g/mol. The van der Waals surface area contributed by atoms with E-state index in [1.807, 2.05) is 0 Å². The van der Waals surface area contributed by atoms with E-state index < -0.39 is 0 Å². The molecule has 0 aromatic rings. The van der Waals surface area contributed by atoms with Crippen LogP contribution in [0.25, 0.3) is 0 Å². The second-order valence-electron chi connectivity index (χ2n) is 5.52. The standard InChI is InChI=1S/C13H22O3/c1-9(14)6-5-7-13(2,3)11-8-10(11)12(15)16-4/h10-11H,5-8H2,1-4H3. The molecule has 92 valence electrons. The van der Waals surface area contributed by atoms with Crippen molar-refractivity contribution in [1.82, 2.24) is 0 Å². The topological polar surface area (TPSA) is 43.4 Å². The van der Waals surface area contributed by atoms with Crippen molar-refractivity contribution in [2.45, 2.75) is 46.5 Å². The zero-order valence-corrected chi connectivity index (χ0v) is 10.7. The third-order valence-corrected chi connectivity index (χ3v) is 3.65. The summed E-state index contributed by atoms with van der Waals surface area (Å²) in [5.41, 5.74) is 0.147. The van der Waals surface area contributed by atoms with Crippen LogP contribution in [0, 0.1) is 17.3 Å². The molecule has 1 aliphatic carbocycles. The highest BCUT2D eigenvalue weighted by atomic mass is 16.5. The maximum Gasteiger partial charge on any atom is 0.308 e. The van der Waals surface area contributed by atoms with E-state index in [-0.39, 0.29) is 23.1 Å². The van der Waals surface area contributed by atoms with Crippen LogP contribution in [0.2, 0.25) is 0 Å². The summed E-state index contributed by atoms with van der Waals surface area (Å²) in [5.74, 6) is 0.699. The molecule has 0 amide bonds. The molecule has 0 saturated heterocycles. The third kappa shape index (κ3) is 3.32. The molecular weight excluding hydrogens is 204 g/mol. The molecule has 2 atom stereocenters. The zero-order chi connectivity index (χ0) is 12.3. The number of esters is 1. The summed E-state index contributed by atoms with van der Waals surface area (Å²) >= 11 is 0. The van der Waals surface area contributed by atoms with Gasteiger partial charge in [-0.25, -0.2) is 0 Å². The van der Waals surface area contributed by atoms with Crippen LogP contribution in [0.1, 0.15) is 46.5 Å². The summed E-state index contributed by atoms with van der Waals surface area (Å²) in [5, 5.41) is 0. The Hall–Kier alpha value is -0.860. The van der Waals surface area contributed by atoms with Crippen molar-refractivity contribution in [1.29, 1.82) is 0 Å². The Balaban J connectivity index is 2.35. The molecule has 0 aliphatic heterocycles. The van der Waals surface area contributed by atoms with Crippen molar-refractivity contribution in [2.24, 2.45) is 17.3 Å². The molecule has 1 fully saturated rings. The first-order chi connectivity index (χ1) is 7.38. The van der Waals surface area contributed by atoms with Crippen molar-refractivity contribution >= 4 is 11.8 Å². The number of ether oxygens (including phenoxy) is 1. The van der Waals surface area contributed by atoms with Crippen LogP contribution in [0.4, 0.5) is 0 Å². The molecule has 1 aliphatic rings. The first kappa shape index (κ1) is 13.2. The minimum absolute atomic E-state index is 0.0790. The van der Waals surface area contributed by atoms with Crippen LogP contribution >= 0.6 is 0 Å². The molecule has 2 unspecified atom stereocenters. The van der Waals surface area contributed by atoms with Gasteiger partial charge in [-0.1, -0.05) is 13.8 Å². The van der Waals surface area contributed by atoms with Gasteiger partial charge in [-0.05, 0) is 37.5 Å². The third-order valence-electron chi connectivity index (χ3n) is 3.65. The molecule has 0 bridgehead atoms. The lowest BCUT2D eigenvalue weighted by Crippen LogP contribution is -2.18. The molecular formula is C13H22O3. The lowest BCUT2D eigenvalue weighted by Gasteiger charge is -2.24. The van der Waals surface area contributed by atoms with Gasteiger partial charge >= 0.3 is 5.97 Å². The van der Waals surface area contributed by atoms with Crippen molar-refractivity contribution in [3.05, 3.63) is 0 Å². The Labute approximate surface area is 97.5 Å². The first-order valence-corrected chi connectivity index (χ1v) is 5.95. The number of rotatable bonds is 6. The van der Waals surface area contributed by atoms with Crippen molar-refractivity contribution < 1.29 is 14.3 Å². The van der Waals surface area contributed by atoms with Gasteiger partial charge in [0.1, 0.15) is 5.78 Å². The highest BCUT2D eigenvalue weighted by molar-refractivity contribution is 5.76. The van der Waals surface area contributed by atoms with E-state index in [0.29, 0.717) is 12.3 Å². The zero-order valence-electron chi connectivity index (χ0n) is 10.7. The van der Waals surface area contributed by atoms with E-state index in [1.165, 1.54) is 7.11 Å². The number of carbonyl (C=O) groups is 2. The number of hydrogen-bond donors (Lipinski definition) is 0. The summed E-state index contributed by atoms with van der Waals surface area (Å²) in [7, 11) is 1.44. The SMILES string of the molecule is COC(=O)C1CC1C(C)(C)CCCC(C)=O. The number of methoxy groups -OCH3 is 1. The minimum atomic E-state index is -0.0790. The quantitative estimate of drug-likeness (QED) is 0.654. The maximum atomic E-state index is 11.3. The molecule has 0 radical (unpaired) electrons. The molecule has 0 heterocycles. The van der Waals surface area contributed by atoms with Gasteiger partial charge in [-0.15, -0.1) is 0 Å². The van der Waals surface area contributed by atoms with Crippen LogP contribution in [0.15, 0.2) is 0 Å². The Kier molecular flexibility index (Phi) is 4.11. The van der Waals surface area contributed by atoms with Crippen LogP contribution < -0.4 is 0 Å². The predicted molar refractivity (Wildman–Crippen MR) is 61.9 cm³/mol. The largest absolute Gasteiger partial charge is 0.469 e. The van der Waals surface area contributed by atoms with Crippen molar-refractivity contribution in [3.63, 3.8) is 0 Å². The van der Waals surface area contributed by atoms with Gasteiger partial charge in [0.15, 0.2) is 0 Å². The summed E-state index contributed by atoms with van der Waals surface area (Å²) in [6.07, 6.45) is 3.52. The smallest absolute Gasteiger partial charge is 0.308 e. The van der Waals surface area contributed by atoms with E-state index >= 15 is 0 Å². The fourth-order valence-electron chi connectivity index (χ4n) is 2.45. The Morgan fingerprint density at radius 2 is 2.00 bits per heavy atom. The van der Waals surface area contributed by atoms with Crippen LogP contribution in [-0.4, -0.2) is 18.9 Å². The second-order valence-corrected chi connectivity index (χ2v) is 5.52.